The summed E-state index contributed by atoms with van der Waals surface area (Å²) in [4.78, 5) is 4.33. The Hall–Kier alpha value is -0.870. The minimum Gasteiger partial charge on any atom is -0.396 e. The number of hydrogen-bond donors (Lipinski definition) is 2. The highest BCUT2D eigenvalue weighted by Gasteiger charge is 2.03. The first-order valence-corrected chi connectivity index (χ1v) is 6.09. The van der Waals surface area contributed by atoms with Gasteiger partial charge in [0.1, 0.15) is 5.82 Å². The van der Waals surface area contributed by atoms with E-state index in [4.69, 9.17) is 5.11 Å². The Kier molecular flexibility index (Phi) is 6.11. The predicted octanol–water partition coefficient (Wildman–Crippen LogP) is 1.40. The molecule has 0 radical (unpaired) electrons. The van der Waals surface area contributed by atoms with Gasteiger partial charge in [-0.3, -0.25) is 0 Å². The van der Waals surface area contributed by atoms with Crippen molar-refractivity contribution in [2.24, 2.45) is 5.92 Å². The number of aliphatic hydroxyl groups is 1. The number of aryl methyl sites for hydroxylation is 1. The van der Waals surface area contributed by atoms with E-state index >= 15 is 0 Å². The average molecular weight is 225 g/mol. The van der Waals surface area contributed by atoms with Gasteiger partial charge in [-0.05, 0) is 25.3 Å². The molecule has 0 aliphatic carbocycles. The molecule has 0 fully saturated rings. The van der Waals surface area contributed by atoms with E-state index < -0.39 is 0 Å². The third-order valence-electron chi connectivity index (χ3n) is 2.66. The number of hydrogen-bond acceptors (Lipinski definition) is 3. The summed E-state index contributed by atoms with van der Waals surface area (Å²) < 4.78 is 2.18. The van der Waals surface area contributed by atoms with Crippen molar-refractivity contribution in [2.75, 3.05) is 13.2 Å². The summed E-state index contributed by atoms with van der Waals surface area (Å²) in [5.41, 5.74) is 0. The van der Waals surface area contributed by atoms with Gasteiger partial charge in [0.2, 0.25) is 0 Å². The van der Waals surface area contributed by atoms with Gasteiger partial charge in [-0.1, -0.05) is 13.8 Å². The third kappa shape index (κ3) is 4.33. The van der Waals surface area contributed by atoms with Gasteiger partial charge in [0.25, 0.3) is 0 Å². The van der Waals surface area contributed by atoms with Crippen molar-refractivity contribution in [2.45, 2.75) is 39.8 Å². The van der Waals surface area contributed by atoms with E-state index in [0.717, 1.165) is 38.3 Å². The van der Waals surface area contributed by atoms with Crippen LogP contribution in [0.25, 0.3) is 0 Å². The second kappa shape index (κ2) is 7.41. The fraction of sp³-hybridized carbons (Fsp3) is 0.750. The summed E-state index contributed by atoms with van der Waals surface area (Å²) in [5.74, 6) is 1.61. The van der Waals surface area contributed by atoms with E-state index in [1.807, 2.05) is 12.4 Å². The molecule has 0 spiro atoms. The molecule has 0 saturated carbocycles. The smallest absolute Gasteiger partial charge is 0.122 e. The number of nitrogens with one attached hydrogen (secondary N) is 1. The maximum atomic E-state index is 8.79. The van der Waals surface area contributed by atoms with E-state index in [1.54, 1.807) is 0 Å². The van der Waals surface area contributed by atoms with Crippen LogP contribution in [0.1, 0.15) is 32.5 Å². The van der Waals surface area contributed by atoms with Crippen molar-refractivity contribution in [1.82, 2.24) is 14.9 Å². The monoisotopic (exact) mass is 225 g/mol. The Labute approximate surface area is 97.7 Å². The summed E-state index contributed by atoms with van der Waals surface area (Å²) in [6, 6.07) is 0. The topological polar surface area (TPSA) is 50.1 Å². The molecule has 0 saturated heterocycles. The maximum absolute atomic E-state index is 8.79. The Morgan fingerprint density at radius 2 is 2.38 bits per heavy atom. The largest absolute Gasteiger partial charge is 0.396 e. The number of aromatic nitrogens is 2. The van der Waals surface area contributed by atoms with Crippen LogP contribution in [0.3, 0.4) is 0 Å². The van der Waals surface area contributed by atoms with Crippen molar-refractivity contribution in [3.8, 4) is 0 Å². The van der Waals surface area contributed by atoms with Crippen LogP contribution in [0.15, 0.2) is 12.4 Å². The van der Waals surface area contributed by atoms with Crippen molar-refractivity contribution in [1.29, 1.82) is 0 Å². The molecule has 1 aromatic rings. The first-order valence-electron chi connectivity index (χ1n) is 6.09. The summed E-state index contributed by atoms with van der Waals surface area (Å²) in [6.07, 6.45) is 5.86. The van der Waals surface area contributed by atoms with Crippen LogP contribution >= 0.6 is 0 Å². The molecule has 1 atom stereocenters. The van der Waals surface area contributed by atoms with Crippen LogP contribution in [0, 0.1) is 5.92 Å². The molecule has 1 unspecified atom stereocenters. The standard InChI is InChI=1S/C12H23N3O/c1-3-6-15-7-5-14-12(15)10-13-9-11(2)4-8-16/h5,7,11,13,16H,3-4,6,8-10H2,1-2H3. The molecule has 0 bridgehead atoms. The zero-order chi connectivity index (χ0) is 11.8. The molecule has 0 aliphatic heterocycles. The molecular formula is C12H23N3O. The highest BCUT2D eigenvalue weighted by atomic mass is 16.3. The van der Waals surface area contributed by atoms with Gasteiger partial charge < -0.3 is 15.0 Å². The lowest BCUT2D eigenvalue weighted by Crippen LogP contribution is -2.23. The summed E-state index contributed by atoms with van der Waals surface area (Å²) in [7, 11) is 0. The Bertz CT molecular complexity index is 286. The zero-order valence-corrected chi connectivity index (χ0v) is 10.3. The van der Waals surface area contributed by atoms with Crippen LogP contribution in [0.5, 0.6) is 0 Å². The van der Waals surface area contributed by atoms with Gasteiger partial charge >= 0.3 is 0 Å². The number of imidazole rings is 1. The average Bonchev–Trinajstić information content (AvgIpc) is 2.67. The molecule has 2 N–H and O–H groups in total. The first-order chi connectivity index (χ1) is 7.77. The number of nitrogens with zero attached hydrogens (tertiary/aromatic N) is 2. The van der Waals surface area contributed by atoms with Crippen LogP contribution in [0.2, 0.25) is 0 Å². The Morgan fingerprint density at radius 3 is 3.06 bits per heavy atom. The molecule has 0 amide bonds. The lowest BCUT2D eigenvalue weighted by Gasteiger charge is -2.11. The molecule has 16 heavy (non-hydrogen) atoms. The van der Waals surface area contributed by atoms with Gasteiger partial charge in [-0.2, -0.15) is 0 Å². The second-order valence-electron chi connectivity index (χ2n) is 4.29. The van der Waals surface area contributed by atoms with E-state index in [9.17, 15) is 0 Å². The van der Waals surface area contributed by atoms with Gasteiger partial charge in [0.05, 0.1) is 6.54 Å². The lowest BCUT2D eigenvalue weighted by molar-refractivity contribution is 0.260. The number of aliphatic hydroxyl groups excluding tert-OH is 1. The van der Waals surface area contributed by atoms with Crippen LogP contribution < -0.4 is 5.32 Å². The number of rotatable bonds is 8. The SMILES string of the molecule is CCCn1ccnc1CNCC(C)CCO. The van der Waals surface area contributed by atoms with E-state index in [0.29, 0.717) is 5.92 Å². The maximum Gasteiger partial charge on any atom is 0.122 e. The van der Waals surface area contributed by atoms with Crippen molar-refractivity contribution in [3.63, 3.8) is 0 Å². The van der Waals surface area contributed by atoms with Crippen LogP contribution in [-0.4, -0.2) is 27.8 Å². The predicted molar refractivity (Wildman–Crippen MR) is 65.1 cm³/mol. The molecule has 4 heteroatoms. The summed E-state index contributed by atoms with van der Waals surface area (Å²) in [5, 5.41) is 12.2. The van der Waals surface area contributed by atoms with Crippen LogP contribution in [-0.2, 0) is 13.1 Å². The minimum absolute atomic E-state index is 0.271. The van der Waals surface area contributed by atoms with Gasteiger partial charge in [0, 0.05) is 25.5 Å². The van der Waals surface area contributed by atoms with Gasteiger partial charge in [-0.25, -0.2) is 4.98 Å². The van der Waals surface area contributed by atoms with Crippen molar-refractivity contribution < 1.29 is 5.11 Å². The van der Waals surface area contributed by atoms with E-state index in [-0.39, 0.29) is 6.61 Å². The Morgan fingerprint density at radius 1 is 1.56 bits per heavy atom. The molecule has 1 heterocycles. The van der Waals surface area contributed by atoms with E-state index in [2.05, 4.69) is 28.7 Å². The summed E-state index contributed by atoms with van der Waals surface area (Å²) in [6.45, 7) is 7.35. The molecule has 0 aliphatic rings. The zero-order valence-electron chi connectivity index (χ0n) is 10.3. The van der Waals surface area contributed by atoms with E-state index in [1.165, 1.54) is 0 Å². The highest BCUT2D eigenvalue weighted by Crippen LogP contribution is 2.01. The second-order valence-corrected chi connectivity index (χ2v) is 4.29. The van der Waals surface area contributed by atoms with Crippen LogP contribution in [0.4, 0.5) is 0 Å². The first kappa shape index (κ1) is 13.2. The minimum atomic E-state index is 0.271. The fourth-order valence-corrected chi connectivity index (χ4v) is 1.70. The van der Waals surface area contributed by atoms with Gasteiger partial charge in [0.15, 0.2) is 0 Å². The molecule has 1 rings (SSSR count). The molecule has 92 valence electrons. The summed E-state index contributed by atoms with van der Waals surface area (Å²) >= 11 is 0. The molecule has 0 aromatic carbocycles. The quantitative estimate of drug-likeness (QED) is 0.703. The molecular weight excluding hydrogens is 202 g/mol. The fourth-order valence-electron chi connectivity index (χ4n) is 1.70. The highest BCUT2D eigenvalue weighted by molar-refractivity contribution is 4.91. The normalized spacial score (nSPS) is 12.9. The third-order valence-corrected chi connectivity index (χ3v) is 2.66. The van der Waals surface area contributed by atoms with Crippen molar-refractivity contribution >= 4 is 0 Å². The Balaban J connectivity index is 2.28. The molecule has 1 aromatic heterocycles. The van der Waals surface area contributed by atoms with Gasteiger partial charge in [-0.15, -0.1) is 0 Å². The van der Waals surface area contributed by atoms with Crippen molar-refractivity contribution in [3.05, 3.63) is 18.2 Å². The lowest BCUT2D eigenvalue weighted by atomic mass is 10.1. The molecule has 4 nitrogen and oxygen atoms in total.